The van der Waals surface area contributed by atoms with Crippen LogP contribution in [-0.4, -0.2) is 27.5 Å². The Morgan fingerprint density at radius 2 is 1.90 bits per heavy atom. The lowest BCUT2D eigenvalue weighted by atomic mass is 10.2. The van der Waals surface area contributed by atoms with Crippen molar-refractivity contribution in [3.63, 3.8) is 0 Å². The number of benzene rings is 2. The quantitative estimate of drug-likeness (QED) is 0.432. The van der Waals surface area contributed by atoms with Crippen LogP contribution in [0, 0.1) is 0 Å². The van der Waals surface area contributed by atoms with E-state index < -0.39 is 0 Å². The van der Waals surface area contributed by atoms with Crippen molar-refractivity contribution in [2.75, 3.05) is 18.4 Å². The predicted octanol–water partition coefficient (Wildman–Crippen LogP) is 5.31. The van der Waals surface area contributed by atoms with Crippen molar-refractivity contribution < 1.29 is 0 Å². The number of fused-ring (bicyclic) bond motifs is 1. The second-order valence-corrected chi connectivity index (χ2v) is 9.12. The number of anilines is 1. The van der Waals surface area contributed by atoms with E-state index in [2.05, 4.69) is 34.5 Å². The van der Waals surface area contributed by atoms with Gasteiger partial charge in [-0.15, -0.1) is 11.3 Å². The lowest BCUT2D eigenvalue weighted by Gasteiger charge is -2.17. The molecular weight excluding hydrogens is 428 g/mol. The zero-order chi connectivity index (χ0) is 21.2. The van der Waals surface area contributed by atoms with E-state index in [9.17, 15) is 4.79 Å². The fourth-order valence-corrected chi connectivity index (χ4v) is 5.10. The first kappa shape index (κ1) is 20.2. The molecule has 0 aliphatic carbocycles. The molecule has 1 fully saturated rings. The minimum absolute atomic E-state index is 0.0901. The summed E-state index contributed by atoms with van der Waals surface area (Å²) in [6, 6.07) is 17.7. The number of nitrogens with one attached hydrogen (secondary N) is 1. The van der Waals surface area contributed by atoms with E-state index >= 15 is 0 Å². The summed E-state index contributed by atoms with van der Waals surface area (Å²) >= 11 is 7.84. The minimum Gasteiger partial charge on any atom is -0.378 e. The largest absolute Gasteiger partial charge is 0.378 e. The topological polar surface area (TPSA) is 50.2 Å². The third-order valence-electron chi connectivity index (χ3n) is 5.63. The van der Waals surface area contributed by atoms with Gasteiger partial charge < -0.3 is 5.32 Å². The molecule has 0 atom stereocenters. The normalized spacial score (nSPS) is 14.4. The molecule has 158 valence electrons. The Morgan fingerprint density at radius 3 is 2.74 bits per heavy atom. The Hall–Kier alpha value is -2.67. The summed E-state index contributed by atoms with van der Waals surface area (Å²) in [4.78, 5) is 20.5. The third kappa shape index (κ3) is 4.24. The molecule has 0 unspecified atom stereocenters. The van der Waals surface area contributed by atoms with Crippen LogP contribution in [0.4, 0.5) is 5.69 Å². The number of likely N-dealkylation sites (tertiary alicyclic amines) is 1. The summed E-state index contributed by atoms with van der Waals surface area (Å²) in [6.07, 6.45) is 2.57. The van der Waals surface area contributed by atoms with Gasteiger partial charge in [-0.05, 0) is 67.2 Å². The molecular formula is C24H23ClN4OS. The van der Waals surface area contributed by atoms with E-state index in [0.717, 1.165) is 17.7 Å². The van der Waals surface area contributed by atoms with E-state index in [4.69, 9.17) is 16.6 Å². The van der Waals surface area contributed by atoms with Gasteiger partial charge in [0.05, 0.1) is 22.8 Å². The first-order valence-electron chi connectivity index (χ1n) is 10.5. The molecule has 0 saturated carbocycles. The standard InChI is InChI=1S/C24H23ClN4OS/c25-19-8-1-2-9-21(19)29-22(27-20-10-13-31-23(20)24(29)30)15-26-18-7-5-6-17(14-18)16-28-11-3-4-12-28/h1-2,5-10,13-14,26H,3-4,11-12,15-16H2. The van der Waals surface area contributed by atoms with Gasteiger partial charge in [-0.2, -0.15) is 0 Å². The lowest BCUT2D eigenvalue weighted by molar-refractivity contribution is 0.331. The minimum atomic E-state index is -0.0901. The number of hydrogen-bond donors (Lipinski definition) is 1. The Labute approximate surface area is 189 Å². The second kappa shape index (κ2) is 8.83. The first-order chi connectivity index (χ1) is 15.2. The Kier molecular flexibility index (Phi) is 5.76. The number of hydrogen-bond acceptors (Lipinski definition) is 5. The van der Waals surface area contributed by atoms with Gasteiger partial charge >= 0.3 is 0 Å². The molecule has 2 aromatic heterocycles. The highest BCUT2D eigenvalue weighted by molar-refractivity contribution is 7.17. The maximum absolute atomic E-state index is 13.3. The number of aromatic nitrogens is 2. The molecule has 1 aliphatic heterocycles. The molecule has 5 nitrogen and oxygen atoms in total. The van der Waals surface area contributed by atoms with Crippen molar-refractivity contribution in [1.29, 1.82) is 0 Å². The zero-order valence-electron chi connectivity index (χ0n) is 17.1. The van der Waals surface area contributed by atoms with Gasteiger partial charge in [0, 0.05) is 12.2 Å². The van der Waals surface area contributed by atoms with Crippen molar-refractivity contribution in [2.24, 2.45) is 0 Å². The number of rotatable bonds is 6. The summed E-state index contributed by atoms with van der Waals surface area (Å²) in [7, 11) is 0. The molecule has 5 rings (SSSR count). The Morgan fingerprint density at radius 1 is 1.06 bits per heavy atom. The zero-order valence-corrected chi connectivity index (χ0v) is 18.6. The summed E-state index contributed by atoms with van der Waals surface area (Å²) in [5.74, 6) is 0.633. The molecule has 0 bridgehead atoms. The van der Waals surface area contributed by atoms with Crippen molar-refractivity contribution in [1.82, 2.24) is 14.5 Å². The van der Waals surface area contributed by atoms with Gasteiger partial charge in [-0.3, -0.25) is 14.3 Å². The highest BCUT2D eigenvalue weighted by atomic mass is 35.5. The second-order valence-electron chi connectivity index (χ2n) is 7.79. The molecule has 4 aromatic rings. The molecule has 7 heteroatoms. The SMILES string of the molecule is O=c1c2sccc2nc(CNc2cccc(CN3CCCC3)c2)n1-c1ccccc1Cl. The van der Waals surface area contributed by atoms with Crippen LogP contribution in [0.25, 0.3) is 15.9 Å². The molecule has 0 amide bonds. The highest BCUT2D eigenvalue weighted by Gasteiger charge is 2.16. The number of para-hydroxylation sites is 1. The smallest absolute Gasteiger partial charge is 0.276 e. The number of halogens is 1. The molecule has 31 heavy (non-hydrogen) atoms. The predicted molar refractivity (Wildman–Crippen MR) is 129 cm³/mol. The number of nitrogens with zero attached hydrogens (tertiary/aromatic N) is 3. The van der Waals surface area contributed by atoms with E-state index in [0.29, 0.717) is 27.8 Å². The summed E-state index contributed by atoms with van der Waals surface area (Å²) < 4.78 is 2.26. The summed E-state index contributed by atoms with van der Waals surface area (Å²) in [5, 5.41) is 5.88. The van der Waals surface area contributed by atoms with Gasteiger partial charge in [0.2, 0.25) is 0 Å². The van der Waals surface area contributed by atoms with Crippen molar-refractivity contribution in [2.45, 2.75) is 25.9 Å². The average Bonchev–Trinajstić information content (AvgIpc) is 3.46. The highest BCUT2D eigenvalue weighted by Crippen LogP contribution is 2.23. The summed E-state index contributed by atoms with van der Waals surface area (Å²) in [6.45, 7) is 3.73. The molecule has 1 aliphatic rings. The fourth-order valence-electron chi connectivity index (χ4n) is 4.12. The van der Waals surface area contributed by atoms with E-state index in [1.165, 1.54) is 42.8 Å². The van der Waals surface area contributed by atoms with Gasteiger partial charge in [0.15, 0.2) is 0 Å². The molecule has 2 aromatic carbocycles. The Balaban J connectivity index is 1.46. The Bertz CT molecular complexity index is 1280. The van der Waals surface area contributed by atoms with Crippen LogP contribution in [0.3, 0.4) is 0 Å². The van der Waals surface area contributed by atoms with Crippen LogP contribution >= 0.6 is 22.9 Å². The molecule has 3 heterocycles. The van der Waals surface area contributed by atoms with Crippen LogP contribution in [0.15, 0.2) is 64.8 Å². The monoisotopic (exact) mass is 450 g/mol. The first-order valence-corrected chi connectivity index (χ1v) is 11.7. The molecule has 0 spiro atoms. The van der Waals surface area contributed by atoms with Crippen LogP contribution in [0.2, 0.25) is 5.02 Å². The number of thiophene rings is 1. The van der Waals surface area contributed by atoms with E-state index in [1.807, 2.05) is 29.6 Å². The maximum Gasteiger partial charge on any atom is 0.276 e. The molecule has 0 radical (unpaired) electrons. The van der Waals surface area contributed by atoms with Crippen LogP contribution in [0.5, 0.6) is 0 Å². The van der Waals surface area contributed by atoms with Crippen molar-refractivity contribution >= 4 is 38.8 Å². The third-order valence-corrected chi connectivity index (χ3v) is 6.84. The summed E-state index contributed by atoms with van der Waals surface area (Å²) in [5.41, 5.74) is 3.58. The maximum atomic E-state index is 13.3. The van der Waals surface area contributed by atoms with Crippen molar-refractivity contribution in [3.8, 4) is 5.69 Å². The van der Waals surface area contributed by atoms with Gasteiger partial charge in [-0.25, -0.2) is 4.98 Å². The van der Waals surface area contributed by atoms with Gasteiger partial charge in [0.25, 0.3) is 5.56 Å². The van der Waals surface area contributed by atoms with Crippen LogP contribution in [0.1, 0.15) is 24.2 Å². The fraction of sp³-hybridized carbons (Fsp3) is 0.250. The van der Waals surface area contributed by atoms with Crippen molar-refractivity contribution in [3.05, 3.63) is 86.7 Å². The average molecular weight is 451 g/mol. The van der Waals surface area contributed by atoms with Gasteiger partial charge in [0.1, 0.15) is 10.5 Å². The van der Waals surface area contributed by atoms with Gasteiger partial charge in [-0.1, -0.05) is 35.9 Å². The molecule has 1 N–H and O–H groups in total. The van der Waals surface area contributed by atoms with Crippen LogP contribution < -0.4 is 10.9 Å². The lowest BCUT2D eigenvalue weighted by Crippen LogP contribution is -2.25. The molecule has 1 saturated heterocycles. The van der Waals surface area contributed by atoms with E-state index in [-0.39, 0.29) is 5.56 Å². The van der Waals surface area contributed by atoms with E-state index in [1.54, 1.807) is 10.6 Å². The van der Waals surface area contributed by atoms with Crippen LogP contribution in [-0.2, 0) is 13.1 Å².